The molecule has 3 N–H and O–H groups in total. The van der Waals surface area contributed by atoms with Crippen LogP contribution >= 0.6 is 0 Å². The van der Waals surface area contributed by atoms with Crippen LogP contribution in [0.1, 0.15) is 20.3 Å². The number of aliphatic hydroxyl groups is 1. The van der Waals surface area contributed by atoms with Gasteiger partial charge in [0, 0.05) is 12.1 Å². The van der Waals surface area contributed by atoms with Crippen LogP contribution < -0.4 is 10.6 Å². The van der Waals surface area contributed by atoms with E-state index >= 15 is 0 Å². The van der Waals surface area contributed by atoms with Crippen molar-refractivity contribution in [1.82, 2.24) is 10.6 Å². The lowest BCUT2D eigenvalue weighted by atomic mass is 10.0. The van der Waals surface area contributed by atoms with Gasteiger partial charge in [0.1, 0.15) is 0 Å². The van der Waals surface area contributed by atoms with Crippen molar-refractivity contribution in [2.75, 3.05) is 26.4 Å². The normalized spacial score (nSPS) is 26.7. The maximum atomic E-state index is 11.8. The second-order valence-electron chi connectivity index (χ2n) is 4.30. The van der Waals surface area contributed by atoms with Crippen LogP contribution in [0.4, 0.5) is 0 Å². The average molecular weight is 230 g/mol. The third kappa shape index (κ3) is 3.73. The molecule has 1 fully saturated rings. The van der Waals surface area contributed by atoms with E-state index in [0.717, 1.165) is 13.0 Å². The zero-order valence-corrected chi connectivity index (χ0v) is 10.0. The zero-order valence-electron chi connectivity index (χ0n) is 10.0. The first-order valence-electron chi connectivity index (χ1n) is 5.91. The Kier molecular flexibility index (Phi) is 5.73. The Morgan fingerprint density at radius 3 is 2.94 bits per heavy atom. The van der Waals surface area contributed by atoms with Gasteiger partial charge in [-0.1, -0.05) is 6.92 Å². The van der Waals surface area contributed by atoms with Crippen molar-refractivity contribution in [2.45, 2.75) is 32.4 Å². The predicted molar refractivity (Wildman–Crippen MR) is 61.1 cm³/mol. The third-order valence-corrected chi connectivity index (χ3v) is 2.74. The second-order valence-corrected chi connectivity index (χ2v) is 4.30. The highest BCUT2D eigenvalue weighted by atomic mass is 16.5. The minimum absolute atomic E-state index is 0.0346. The Bertz CT molecular complexity index is 223. The molecular weight excluding hydrogens is 208 g/mol. The number of carbonyl (C=O) groups is 1. The molecule has 0 bridgehead atoms. The lowest BCUT2D eigenvalue weighted by Crippen LogP contribution is -2.47. The van der Waals surface area contributed by atoms with Crippen LogP contribution in [0.25, 0.3) is 0 Å². The average Bonchev–Trinajstić information content (AvgIpc) is 2.74. The van der Waals surface area contributed by atoms with Crippen LogP contribution in [0.2, 0.25) is 0 Å². The second kappa shape index (κ2) is 6.83. The topological polar surface area (TPSA) is 70.6 Å². The summed E-state index contributed by atoms with van der Waals surface area (Å²) in [6, 6.07) is -0.0919. The fourth-order valence-corrected chi connectivity index (χ4v) is 1.74. The van der Waals surface area contributed by atoms with E-state index in [4.69, 9.17) is 9.84 Å². The number of aliphatic hydroxyl groups excluding tert-OH is 1. The molecule has 0 spiro atoms. The summed E-state index contributed by atoms with van der Waals surface area (Å²) in [5.41, 5.74) is 0. The molecule has 1 aliphatic rings. The Labute approximate surface area is 96.6 Å². The summed E-state index contributed by atoms with van der Waals surface area (Å²) in [5, 5.41) is 14.9. The number of ether oxygens (including phenoxy) is 1. The van der Waals surface area contributed by atoms with Gasteiger partial charge in [0.15, 0.2) is 0 Å². The minimum atomic E-state index is -0.195. The molecule has 0 radical (unpaired) electrons. The van der Waals surface area contributed by atoms with Crippen molar-refractivity contribution in [2.24, 2.45) is 5.92 Å². The summed E-state index contributed by atoms with van der Waals surface area (Å²) in [6.07, 6.45) is 1.04. The molecule has 1 aliphatic heterocycles. The van der Waals surface area contributed by atoms with Gasteiger partial charge in [0.25, 0.3) is 0 Å². The summed E-state index contributed by atoms with van der Waals surface area (Å²) >= 11 is 0. The van der Waals surface area contributed by atoms with E-state index in [2.05, 4.69) is 17.6 Å². The minimum Gasteiger partial charge on any atom is -0.394 e. The molecule has 0 saturated carbocycles. The number of carbonyl (C=O) groups excluding carboxylic acids is 1. The van der Waals surface area contributed by atoms with E-state index in [1.54, 1.807) is 6.92 Å². The lowest BCUT2D eigenvalue weighted by molar-refractivity contribution is -0.126. The summed E-state index contributed by atoms with van der Waals surface area (Å²) in [4.78, 5) is 11.8. The zero-order chi connectivity index (χ0) is 12.0. The van der Waals surface area contributed by atoms with Gasteiger partial charge >= 0.3 is 0 Å². The van der Waals surface area contributed by atoms with E-state index < -0.39 is 0 Å². The fraction of sp³-hybridized carbons (Fsp3) is 0.909. The molecule has 16 heavy (non-hydrogen) atoms. The maximum absolute atomic E-state index is 11.8. The first-order chi connectivity index (χ1) is 7.69. The van der Waals surface area contributed by atoms with Gasteiger partial charge in [0.05, 0.1) is 25.7 Å². The molecule has 0 aliphatic carbocycles. The third-order valence-electron chi connectivity index (χ3n) is 2.74. The van der Waals surface area contributed by atoms with E-state index in [0.29, 0.717) is 13.2 Å². The predicted octanol–water partition coefficient (Wildman–Crippen LogP) is -0.502. The van der Waals surface area contributed by atoms with E-state index in [9.17, 15) is 4.79 Å². The van der Waals surface area contributed by atoms with Gasteiger partial charge in [-0.15, -0.1) is 0 Å². The van der Waals surface area contributed by atoms with Crippen LogP contribution in [-0.2, 0) is 9.53 Å². The molecular formula is C11H22N2O3. The maximum Gasteiger partial charge on any atom is 0.227 e. The molecule has 1 rings (SSSR count). The van der Waals surface area contributed by atoms with Gasteiger partial charge in [-0.2, -0.15) is 0 Å². The number of hydrogen-bond donors (Lipinski definition) is 3. The molecule has 94 valence electrons. The Balaban J connectivity index is 2.41. The summed E-state index contributed by atoms with van der Waals surface area (Å²) in [7, 11) is 0. The largest absolute Gasteiger partial charge is 0.394 e. The van der Waals surface area contributed by atoms with Crippen molar-refractivity contribution in [1.29, 1.82) is 0 Å². The fourth-order valence-electron chi connectivity index (χ4n) is 1.74. The highest BCUT2D eigenvalue weighted by Gasteiger charge is 2.33. The number of amides is 1. The van der Waals surface area contributed by atoms with E-state index in [1.807, 2.05) is 0 Å². The van der Waals surface area contributed by atoms with Crippen LogP contribution in [-0.4, -0.2) is 49.5 Å². The van der Waals surface area contributed by atoms with Crippen LogP contribution in [0.15, 0.2) is 0 Å². The van der Waals surface area contributed by atoms with E-state index in [1.165, 1.54) is 0 Å². The first kappa shape index (κ1) is 13.4. The van der Waals surface area contributed by atoms with Gasteiger partial charge in [0.2, 0.25) is 5.91 Å². The molecule has 3 atom stereocenters. The van der Waals surface area contributed by atoms with Crippen molar-refractivity contribution in [3.63, 3.8) is 0 Å². The number of hydrogen-bond acceptors (Lipinski definition) is 4. The van der Waals surface area contributed by atoms with Gasteiger partial charge < -0.3 is 20.5 Å². The number of nitrogens with one attached hydrogen (secondary N) is 2. The molecule has 2 unspecified atom stereocenters. The molecule has 5 nitrogen and oxygen atoms in total. The monoisotopic (exact) mass is 230 g/mol. The van der Waals surface area contributed by atoms with Crippen LogP contribution in [0.5, 0.6) is 0 Å². The highest BCUT2D eigenvalue weighted by molar-refractivity contribution is 5.80. The molecule has 0 aromatic heterocycles. The quantitative estimate of drug-likeness (QED) is 0.575. The lowest BCUT2D eigenvalue weighted by Gasteiger charge is -2.20. The molecule has 5 heteroatoms. The Morgan fingerprint density at radius 2 is 2.31 bits per heavy atom. The molecule has 1 amide bonds. The van der Waals surface area contributed by atoms with Gasteiger partial charge in [-0.25, -0.2) is 0 Å². The van der Waals surface area contributed by atoms with E-state index in [-0.39, 0.29) is 30.5 Å². The molecule has 1 saturated heterocycles. The highest BCUT2D eigenvalue weighted by Crippen LogP contribution is 2.14. The summed E-state index contributed by atoms with van der Waals surface area (Å²) in [6.45, 7) is 5.78. The van der Waals surface area contributed by atoms with Crippen molar-refractivity contribution >= 4 is 5.91 Å². The Morgan fingerprint density at radius 1 is 1.56 bits per heavy atom. The Hall–Kier alpha value is -0.650. The van der Waals surface area contributed by atoms with Crippen molar-refractivity contribution < 1.29 is 14.6 Å². The number of rotatable bonds is 6. The molecule has 0 aromatic carbocycles. The molecule has 1 heterocycles. The van der Waals surface area contributed by atoms with Crippen molar-refractivity contribution in [3.8, 4) is 0 Å². The summed E-state index contributed by atoms with van der Waals surface area (Å²) in [5.74, 6) is -0.173. The van der Waals surface area contributed by atoms with Crippen molar-refractivity contribution in [3.05, 3.63) is 0 Å². The molecule has 0 aromatic rings. The van der Waals surface area contributed by atoms with Gasteiger partial charge in [-0.3, -0.25) is 4.79 Å². The smallest absolute Gasteiger partial charge is 0.227 e. The SMILES string of the molecule is CCCNC1COCC1C(=O)N[C@H](C)CO. The van der Waals surface area contributed by atoms with Gasteiger partial charge in [-0.05, 0) is 19.9 Å². The summed E-state index contributed by atoms with van der Waals surface area (Å²) < 4.78 is 5.32. The van der Waals surface area contributed by atoms with Crippen LogP contribution in [0.3, 0.4) is 0 Å². The van der Waals surface area contributed by atoms with Crippen LogP contribution in [0, 0.1) is 5.92 Å². The standard InChI is InChI=1S/C11H22N2O3/c1-3-4-12-10-7-16-6-9(10)11(15)13-8(2)5-14/h8-10,12,14H,3-7H2,1-2H3,(H,13,15)/t8-,9?,10?/m1/s1. The first-order valence-corrected chi connectivity index (χ1v) is 5.91.